The van der Waals surface area contributed by atoms with Crippen LogP contribution in [0.5, 0.6) is 5.75 Å². The SMILES string of the molecule is Cc1nnc(CCNC(=O)[C@H]2COc3ccccc3C2)s1. The van der Waals surface area contributed by atoms with Crippen molar-refractivity contribution in [3.8, 4) is 5.75 Å². The van der Waals surface area contributed by atoms with Gasteiger partial charge in [-0.05, 0) is 25.0 Å². The molecule has 5 nitrogen and oxygen atoms in total. The molecule has 1 aliphatic rings. The number of carbonyl (C=O) groups is 1. The average molecular weight is 303 g/mol. The first-order valence-corrected chi connectivity index (χ1v) is 7.81. The Balaban J connectivity index is 1.50. The number of fused-ring (bicyclic) bond motifs is 1. The van der Waals surface area contributed by atoms with E-state index in [0.29, 0.717) is 13.2 Å². The van der Waals surface area contributed by atoms with Crippen LogP contribution in [0.25, 0.3) is 0 Å². The lowest BCUT2D eigenvalue weighted by Gasteiger charge is -2.24. The quantitative estimate of drug-likeness (QED) is 0.935. The highest BCUT2D eigenvalue weighted by molar-refractivity contribution is 7.11. The summed E-state index contributed by atoms with van der Waals surface area (Å²) in [7, 11) is 0. The van der Waals surface area contributed by atoms with Gasteiger partial charge in [0.05, 0.1) is 5.92 Å². The minimum absolute atomic E-state index is 0.0470. The Morgan fingerprint density at radius 3 is 3.10 bits per heavy atom. The zero-order chi connectivity index (χ0) is 14.7. The number of benzene rings is 1. The second-order valence-corrected chi connectivity index (χ2v) is 6.34. The van der Waals surface area contributed by atoms with E-state index in [1.165, 1.54) is 0 Å². The molecule has 0 fully saturated rings. The Bertz CT molecular complexity index is 641. The Kier molecular flexibility index (Phi) is 4.15. The summed E-state index contributed by atoms with van der Waals surface area (Å²) in [6.45, 7) is 2.96. The van der Waals surface area contributed by atoms with Crippen molar-refractivity contribution in [2.24, 2.45) is 5.92 Å². The van der Waals surface area contributed by atoms with Crippen molar-refractivity contribution in [3.05, 3.63) is 39.8 Å². The molecule has 1 aliphatic heterocycles. The van der Waals surface area contributed by atoms with Crippen molar-refractivity contribution in [2.45, 2.75) is 19.8 Å². The van der Waals surface area contributed by atoms with Crippen LogP contribution in [0.3, 0.4) is 0 Å². The van der Waals surface area contributed by atoms with Crippen molar-refractivity contribution >= 4 is 17.2 Å². The molecular weight excluding hydrogens is 286 g/mol. The van der Waals surface area contributed by atoms with Gasteiger partial charge in [-0.3, -0.25) is 4.79 Å². The van der Waals surface area contributed by atoms with Gasteiger partial charge in [0.15, 0.2) is 0 Å². The van der Waals surface area contributed by atoms with E-state index < -0.39 is 0 Å². The smallest absolute Gasteiger partial charge is 0.226 e. The van der Waals surface area contributed by atoms with Gasteiger partial charge in [0.1, 0.15) is 22.4 Å². The first-order chi connectivity index (χ1) is 10.2. The van der Waals surface area contributed by atoms with Crippen molar-refractivity contribution in [1.29, 1.82) is 0 Å². The third-order valence-corrected chi connectivity index (χ3v) is 4.35. The van der Waals surface area contributed by atoms with Crippen LogP contribution in [-0.2, 0) is 17.6 Å². The maximum Gasteiger partial charge on any atom is 0.226 e. The monoisotopic (exact) mass is 303 g/mol. The van der Waals surface area contributed by atoms with Crippen LogP contribution in [0.2, 0.25) is 0 Å². The summed E-state index contributed by atoms with van der Waals surface area (Å²) in [5.74, 6) is 0.827. The van der Waals surface area contributed by atoms with Crippen LogP contribution in [0, 0.1) is 12.8 Å². The number of carbonyl (C=O) groups excluding carboxylic acids is 1. The van der Waals surface area contributed by atoms with Gasteiger partial charge in [0.2, 0.25) is 5.91 Å². The third kappa shape index (κ3) is 3.39. The van der Waals surface area contributed by atoms with Gasteiger partial charge in [0, 0.05) is 13.0 Å². The van der Waals surface area contributed by atoms with Crippen LogP contribution in [-0.4, -0.2) is 29.3 Å². The van der Waals surface area contributed by atoms with Crippen molar-refractivity contribution in [2.75, 3.05) is 13.2 Å². The fourth-order valence-electron chi connectivity index (χ4n) is 2.37. The predicted molar refractivity (Wildman–Crippen MR) is 80.5 cm³/mol. The Morgan fingerprint density at radius 1 is 1.43 bits per heavy atom. The molecule has 1 amide bonds. The number of aromatic nitrogens is 2. The van der Waals surface area contributed by atoms with Gasteiger partial charge >= 0.3 is 0 Å². The predicted octanol–water partition coefficient (Wildman–Crippen LogP) is 1.76. The molecule has 0 unspecified atom stereocenters. The Hall–Kier alpha value is -1.95. The molecule has 1 atom stereocenters. The second-order valence-electron chi connectivity index (χ2n) is 5.08. The molecule has 3 rings (SSSR count). The molecule has 2 heterocycles. The van der Waals surface area contributed by atoms with Gasteiger partial charge in [-0.2, -0.15) is 0 Å². The summed E-state index contributed by atoms with van der Waals surface area (Å²) < 4.78 is 5.64. The molecular formula is C15H17N3O2S. The topological polar surface area (TPSA) is 64.1 Å². The van der Waals surface area contributed by atoms with E-state index in [4.69, 9.17) is 4.74 Å². The molecule has 1 aromatic heterocycles. The lowest BCUT2D eigenvalue weighted by molar-refractivity contribution is -0.126. The zero-order valence-electron chi connectivity index (χ0n) is 11.8. The number of nitrogens with zero attached hydrogens (tertiary/aromatic N) is 2. The molecule has 0 radical (unpaired) electrons. The van der Waals surface area contributed by atoms with Gasteiger partial charge in [-0.1, -0.05) is 18.2 Å². The Morgan fingerprint density at radius 2 is 2.29 bits per heavy atom. The van der Waals surface area contributed by atoms with Crippen molar-refractivity contribution < 1.29 is 9.53 Å². The standard InChI is InChI=1S/C15H17N3O2S/c1-10-17-18-14(21-10)6-7-16-15(19)12-8-11-4-2-3-5-13(11)20-9-12/h2-5,12H,6-9H2,1H3,(H,16,19)/t12-/m1/s1. The van der Waals surface area contributed by atoms with Crippen molar-refractivity contribution in [3.63, 3.8) is 0 Å². The number of aryl methyl sites for hydroxylation is 1. The minimum atomic E-state index is -0.115. The average Bonchev–Trinajstić information content (AvgIpc) is 2.92. The largest absolute Gasteiger partial charge is 0.492 e. The molecule has 0 bridgehead atoms. The summed E-state index contributed by atoms with van der Waals surface area (Å²) in [5, 5.41) is 12.9. The molecule has 0 saturated carbocycles. The van der Waals surface area contributed by atoms with Crippen LogP contribution < -0.4 is 10.1 Å². The lowest BCUT2D eigenvalue weighted by Crippen LogP contribution is -2.38. The molecule has 2 aromatic rings. The number of amides is 1. The van der Waals surface area contributed by atoms with Crippen LogP contribution >= 0.6 is 11.3 Å². The number of nitrogens with one attached hydrogen (secondary N) is 1. The molecule has 6 heteroatoms. The van der Waals surface area contributed by atoms with Crippen molar-refractivity contribution in [1.82, 2.24) is 15.5 Å². The normalized spacial score (nSPS) is 16.9. The highest BCUT2D eigenvalue weighted by Crippen LogP contribution is 2.26. The molecule has 0 spiro atoms. The number of ether oxygens (including phenoxy) is 1. The summed E-state index contributed by atoms with van der Waals surface area (Å²) in [6.07, 6.45) is 1.46. The lowest BCUT2D eigenvalue weighted by atomic mass is 9.96. The summed E-state index contributed by atoms with van der Waals surface area (Å²) >= 11 is 1.57. The molecule has 21 heavy (non-hydrogen) atoms. The van der Waals surface area contributed by atoms with E-state index in [1.807, 2.05) is 31.2 Å². The number of hydrogen-bond donors (Lipinski definition) is 1. The summed E-state index contributed by atoms with van der Waals surface area (Å²) in [6, 6.07) is 7.88. The maximum absolute atomic E-state index is 12.2. The summed E-state index contributed by atoms with van der Waals surface area (Å²) in [4.78, 5) is 12.2. The van der Waals surface area contributed by atoms with E-state index in [0.717, 1.165) is 34.2 Å². The number of hydrogen-bond acceptors (Lipinski definition) is 5. The molecule has 0 saturated heterocycles. The van der Waals surface area contributed by atoms with E-state index in [2.05, 4.69) is 15.5 Å². The van der Waals surface area contributed by atoms with E-state index >= 15 is 0 Å². The second kappa shape index (κ2) is 6.22. The zero-order valence-corrected chi connectivity index (χ0v) is 12.7. The van der Waals surface area contributed by atoms with E-state index in [9.17, 15) is 4.79 Å². The van der Waals surface area contributed by atoms with Crippen LogP contribution in [0.4, 0.5) is 0 Å². The first kappa shape index (κ1) is 14.0. The number of para-hydroxylation sites is 1. The van der Waals surface area contributed by atoms with Crippen LogP contribution in [0.1, 0.15) is 15.6 Å². The molecule has 110 valence electrons. The first-order valence-electron chi connectivity index (χ1n) is 7.00. The molecule has 1 N–H and O–H groups in total. The van der Waals surface area contributed by atoms with Gasteiger partial charge < -0.3 is 10.1 Å². The van der Waals surface area contributed by atoms with Gasteiger partial charge in [0.25, 0.3) is 0 Å². The van der Waals surface area contributed by atoms with E-state index in [-0.39, 0.29) is 11.8 Å². The van der Waals surface area contributed by atoms with Gasteiger partial charge in [-0.15, -0.1) is 21.5 Å². The minimum Gasteiger partial charge on any atom is -0.492 e. The highest BCUT2D eigenvalue weighted by Gasteiger charge is 2.25. The van der Waals surface area contributed by atoms with E-state index in [1.54, 1.807) is 11.3 Å². The summed E-state index contributed by atoms with van der Waals surface area (Å²) in [5.41, 5.74) is 1.10. The fraction of sp³-hybridized carbons (Fsp3) is 0.400. The number of rotatable bonds is 4. The maximum atomic E-state index is 12.2. The fourth-order valence-corrected chi connectivity index (χ4v) is 3.08. The molecule has 0 aliphatic carbocycles. The van der Waals surface area contributed by atoms with Crippen LogP contribution in [0.15, 0.2) is 24.3 Å². The van der Waals surface area contributed by atoms with Gasteiger partial charge in [-0.25, -0.2) is 0 Å². The highest BCUT2D eigenvalue weighted by atomic mass is 32.1. The molecule has 1 aromatic carbocycles. The third-order valence-electron chi connectivity index (χ3n) is 3.46. The Labute approximate surface area is 127 Å².